The summed E-state index contributed by atoms with van der Waals surface area (Å²) in [4.78, 5) is 4.34. The Labute approximate surface area is 101 Å². The highest BCUT2D eigenvalue weighted by Crippen LogP contribution is 2.26. The molecule has 2 heteroatoms. The Kier molecular flexibility index (Phi) is 3.10. The maximum absolute atomic E-state index is 4.34. The highest BCUT2D eigenvalue weighted by atomic mass is 32.1. The van der Waals surface area contributed by atoms with Gasteiger partial charge in [-0.1, -0.05) is 39.0 Å². The van der Waals surface area contributed by atoms with Crippen molar-refractivity contribution in [2.45, 2.75) is 27.2 Å². The number of aromatic nitrogens is 1. The topological polar surface area (TPSA) is 12.9 Å². The fourth-order valence-electron chi connectivity index (χ4n) is 1.79. The fraction of sp³-hybridized carbons (Fsp3) is 0.357. The molecule has 2 aromatic rings. The van der Waals surface area contributed by atoms with Gasteiger partial charge in [0.25, 0.3) is 0 Å². The summed E-state index contributed by atoms with van der Waals surface area (Å²) >= 11 is 1.69. The number of hydrogen-bond donors (Lipinski definition) is 0. The van der Waals surface area contributed by atoms with Crippen LogP contribution < -0.4 is 0 Å². The van der Waals surface area contributed by atoms with E-state index in [0.29, 0.717) is 5.41 Å². The lowest BCUT2D eigenvalue weighted by Gasteiger charge is -2.18. The van der Waals surface area contributed by atoms with Gasteiger partial charge in [0.05, 0.1) is 0 Å². The quantitative estimate of drug-likeness (QED) is 0.746. The molecule has 0 aliphatic heterocycles. The maximum Gasteiger partial charge on any atom is 0.123 e. The van der Waals surface area contributed by atoms with Gasteiger partial charge in [0.2, 0.25) is 0 Å². The molecule has 0 atom stereocenters. The molecular formula is C14H17NS. The second kappa shape index (κ2) is 4.38. The van der Waals surface area contributed by atoms with E-state index >= 15 is 0 Å². The van der Waals surface area contributed by atoms with Crippen LogP contribution in [-0.4, -0.2) is 4.98 Å². The Balaban J connectivity index is 2.27. The first-order valence-corrected chi connectivity index (χ1v) is 6.41. The van der Waals surface area contributed by atoms with Crippen LogP contribution in [0.2, 0.25) is 0 Å². The summed E-state index contributed by atoms with van der Waals surface area (Å²) in [7, 11) is 0. The van der Waals surface area contributed by atoms with Crippen LogP contribution in [0.5, 0.6) is 0 Å². The second-order valence-corrected chi connectivity index (χ2v) is 6.17. The first-order chi connectivity index (χ1) is 7.54. The molecule has 0 amide bonds. The van der Waals surface area contributed by atoms with E-state index in [2.05, 4.69) is 50.0 Å². The maximum atomic E-state index is 4.34. The molecule has 1 heterocycles. The average Bonchev–Trinajstić information content (AvgIpc) is 2.68. The van der Waals surface area contributed by atoms with Gasteiger partial charge < -0.3 is 0 Å². The SMILES string of the molecule is CC(C)(C)Cc1cccc(-c2nccs2)c1. The summed E-state index contributed by atoms with van der Waals surface area (Å²) in [6.07, 6.45) is 2.96. The predicted octanol–water partition coefficient (Wildman–Crippen LogP) is 4.40. The Bertz CT molecular complexity index is 452. The van der Waals surface area contributed by atoms with Gasteiger partial charge in [-0.3, -0.25) is 0 Å². The number of nitrogens with zero attached hydrogens (tertiary/aromatic N) is 1. The molecule has 0 bridgehead atoms. The summed E-state index contributed by atoms with van der Waals surface area (Å²) in [5.41, 5.74) is 2.96. The summed E-state index contributed by atoms with van der Waals surface area (Å²) in [6.45, 7) is 6.80. The molecule has 0 fully saturated rings. The molecule has 0 aliphatic carbocycles. The van der Waals surface area contributed by atoms with Crippen molar-refractivity contribution < 1.29 is 0 Å². The Hall–Kier alpha value is -1.15. The molecule has 0 radical (unpaired) electrons. The van der Waals surface area contributed by atoms with Gasteiger partial charge in [0.1, 0.15) is 5.01 Å². The summed E-state index contributed by atoms with van der Waals surface area (Å²) < 4.78 is 0. The van der Waals surface area contributed by atoms with Crippen molar-refractivity contribution in [3.63, 3.8) is 0 Å². The molecule has 84 valence electrons. The van der Waals surface area contributed by atoms with Crippen LogP contribution in [0.15, 0.2) is 35.8 Å². The largest absolute Gasteiger partial charge is 0.245 e. The smallest absolute Gasteiger partial charge is 0.123 e. The van der Waals surface area contributed by atoms with Crippen LogP contribution in [-0.2, 0) is 6.42 Å². The molecule has 1 aromatic carbocycles. The summed E-state index contributed by atoms with van der Waals surface area (Å²) in [5, 5.41) is 3.13. The van der Waals surface area contributed by atoms with Gasteiger partial charge in [0, 0.05) is 17.1 Å². The Morgan fingerprint density at radius 2 is 2.06 bits per heavy atom. The van der Waals surface area contributed by atoms with Crippen LogP contribution in [0.1, 0.15) is 26.3 Å². The van der Waals surface area contributed by atoms with Crippen molar-refractivity contribution in [1.82, 2.24) is 4.98 Å². The van der Waals surface area contributed by atoms with Crippen molar-refractivity contribution in [3.8, 4) is 10.6 Å². The highest BCUT2D eigenvalue weighted by Gasteiger charge is 2.11. The van der Waals surface area contributed by atoms with Crippen molar-refractivity contribution in [1.29, 1.82) is 0 Å². The van der Waals surface area contributed by atoms with Gasteiger partial charge >= 0.3 is 0 Å². The third-order valence-corrected chi connectivity index (χ3v) is 3.16. The Morgan fingerprint density at radius 3 is 2.69 bits per heavy atom. The molecule has 0 N–H and O–H groups in total. The zero-order valence-electron chi connectivity index (χ0n) is 10.0. The zero-order chi connectivity index (χ0) is 11.6. The minimum absolute atomic E-state index is 0.335. The van der Waals surface area contributed by atoms with Crippen molar-refractivity contribution in [2.75, 3.05) is 0 Å². The Morgan fingerprint density at radius 1 is 1.25 bits per heavy atom. The van der Waals surface area contributed by atoms with Crippen LogP contribution in [0.3, 0.4) is 0 Å². The van der Waals surface area contributed by atoms with Crippen molar-refractivity contribution in [2.24, 2.45) is 5.41 Å². The van der Waals surface area contributed by atoms with Crippen LogP contribution in [0.25, 0.3) is 10.6 Å². The van der Waals surface area contributed by atoms with E-state index in [0.717, 1.165) is 11.4 Å². The van der Waals surface area contributed by atoms with Crippen molar-refractivity contribution in [3.05, 3.63) is 41.4 Å². The third-order valence-electron chi connectivity index (χ3n) is 2.34. The number of hydrogen-bond acceptors (Lipinski definition) is 2. The lowest BCUT2D eigenvalue weighted by Crippen LogP contribution is -2.08. The monoisotopic (exact) mass is 231 g/mol. The minimum Gasteiger partial charge on any atom is -0.245 e. The first-order valence-electron chi connectivity index (χ1n) is 5.53. The lowest BCUT2D eigenvalue weighted by atomic mass is 9.88. The van der Waals surface area contributed by atoms with Gasteiger partial charge in [-0.25, -0.2) is 4.98 Å². The minimum atomic E-state index is 0.335. The number of thiazole rings is 1. The fourth-order valence-corrected chi connectivity index (χ4v) is 2.43. The standard InChI is InChI=1S/C14H17NS/c1-14(2,3)10-11-5-4-6-12(9-11)13-15-7-8-16-13/h4-9H,10H2,1-3H3. The average molecular weight is 231 g/mol. The van der Waals surface area contributed by atoms with E-state index in [1.165, 1.54) is 11.1 Å². The molecule has 0 saturated carbocycles. The van der Waals surface area contributed by atoms with Gasteiger partial charge in [-0.05, 0) is 23.5 Å². The van der Waals surface area contributed by atoms with E-state index < -0.39 is 0 Å². The highest BCUT2D eigenvalue weighted by molar-refractivity contribution is 7.13. The molecule has 2 rings (SSSR count). The van der Waals surface area contributed by atoms with Crippen LogP contribution in [0.4, 0.5) is 0 Å². The van der Waals surface area contributed by atoms with Crippen molar-refractivity contribution >= 4 is 11.3 Å². The number of benzene rings is 1. The number of rotatable bonds is 2. The molecule has 0 saturated heterocycles. The molecule has 1 nitrogen and oxygen atoms in total. The molecular weight excluding hydrogens is 214 g/mol. The van der Waals surface area contributed by atoms with Crippen LogP contribution in [0, 0.1) is 5.41 Å². The van der Waals surface area contributed by atoms with Crippen LogP contribution >= 0.6 is 11.3 Å². The summed E-state index contributed by atoms with van der Waals surface area (Å²) in [6, 6.07) is 8.70. The van der Waals surface area contributed by atoms with Gasteiger partial charge in [-0.15, -0.1) is 11.3 Å². The molecule has 0 spiro atoms. The first kappa shape index (κ1) is 11.3. The van der Waals surface area contributed by atoms with E-state index in [1.807, 2.05) is 11.6 Å². The molecule has 1 aromatic heterocycles. The summed E-state index contributed by atoms with van der Waals surface area (Å²) in [5.74, 6) is 0. The molecule has 0 aliphatic rings. The molecule has 16 heavy (non-hydrogen) atoms. The normalized spacial score (nSPS) is 11.7. The van der Waals surface area contributed by atoms with E-state index in [1.54, 1.807) is 11.3 Å². The van der Waals surface area contributed by atoms with E-state index in [9.17, 15) is 0 Å². The molecule has 0 unspecified atom stereocenters. The lowest BCUT2D eigenvalue weighted by molar-refractivity contribution is 0.411. The van der Waals surface area contributed by atoms with E-state index in [-0.39, 0.29) is 0 Å². The zero-order valence-corrected chi connectivity index (χ0v) is 10.8. The second-order valence-electron chi connectivity index (χ2n) is 5.28. The van der Waals surface area contributed by atoms with Gasteiger partial charge in [-0.2, -0.15) is 0 Å². The van der Waals surface area contributed by atoms with E-state index in [4.69, 9.17) is 0 Å². The third kappa shape index (κ3) is 2.92. The predicted molar refractivity (Wildman–Crippen MR) is 70.7 cm³/mol. The van der Waals surface area contributed by atoms with Gasteiger partial charge in [0.15, 0.2) is 0 Å².